The SMILES string of the molecule is Cc1ccc(CNC(=O)C(C)Sc2cccc(Cl)c2)cc1. The standard InChI is InChI=1S/C17H18ClNOS/c1-12-6-8-14(9-7-12)11-19-17(20)13(2)21-16-5-3-4-15(18)10-16/h3-10,13H,11H2,1-2H3,(H,19,20). The fourth-order valence-electron chi connectivity index (χ4n) is 1.84. The molecule has 0 fully saturated rings. The second-order valence-electron chi connectivity index (χ2n) is 4.92. The van der Waals surface area contributed by atoms with Crippen molar-refractivity contribution >= 4 is 29.3 Å². The van der Waals surface area contributed by atoms with E-state index in [4.69, 9.17) is 11.6 Å². The summed E-state index contributed by atoms with van der Waals surface area (Å²) >= 11 is 7.45. The van der Waals surface area contributed by atoms with Crippen LogP contribution in [0.5, 0.6) is 0 Å². The number of aryl methyl sites for hydroxylation is 1. The van der Waals surface area contributed by atoms with Crippen molar-refractivity contribution in [3.05, 3.63) is 64.7 Å². The molecule has 0 saturated carbocycles. The van der Waals surface area contributed by atoms with Gasteiger partial charge in [0.2, 0.25) is 5.91 Å². The molecule has 2 aromatic carbocycles. The van der Waals surface area contributed by atoms with Gasteiger partial charge in [-0.05, 0) is 37.6 Å². The van der Waals surface area contributed by atoms with E-state index in [0.29, 0.717) is 11.6 Å². The number of rotatable bonds is 5. The Hall–Kier alpha value is -1.45. The van der Waals surface area contributed by atoms with Crippen LogP contribution in [0, 0.1) is 6.92 Å². The molecule has 110 valence electrons. The molecule has 0 bridgehead atoms. The zero-order chi connectivity index (χ0) is 15.2. The molecule has 0 heterocycles. The fraction of sp³-hybridized carbons (Fsp3) is 0.235. The summed E-state index contributed by atoms with van der Waals surface area (Å²) in [5.74, 6) is 0.0283. The molecule has 0 aliphatic carbocycles. The van der Waals surface area contributed by atoms with Crippen molar-refractivity contribution in [3.63, 3.8) is 0 Å². The van der Waals surface area contributed by atoms with Crippen molar-refractivity contribution in [2.24, 2.45) is 0 Å². The molecule has 1 amide bonds. The largest absolute Gasteiger partial charge is 0.351 e. The van der Waals surface area contributed by atoms with E-state index in [2.05, 4.69) is 5.32 Å². The molecule has 1 N–H and O–H groups in total. The van der Waals surface area contributed by atoms with Gasteiger partial charge in [-0.15, -0.1) is 11.8 Å². The average molecular weight is 320 g/mol. The number of benzene rings is 2. The van der Waals surface area contributed by atoms with E-state index in [0.717, 1.165) is 10.5 Å². The van der Waals surface area contributed by atoms with Gasteiger partial charge in [-0.2, -0.15) is 0 Å². The lowest BCUT2D eigenvalue weighted by molar-refractivity contribution is -0.120. The number of halogens is 1. The monoisotopic (exact) mass is 319 g/mol. The Kier molecular flexibility index (Phi) is 5.71. The lowest BCUT2D eigenvalue weighted by Crippen LogP contribution is -2.30. The molecule has 2 nitrogen and oxygen atoms in total. The van der Waals surface area contributed by atoms with Crippen LogP contribution in [-0.2, 0) is 11.3 Å². The third-order valence-electron chi connectivity index (χ3n) is 3.07. The maximum absolute atomic E-state index is 12.1. The minimum absolute atomic E-state index is 0.0283. The van der Waals surface area contributed by atoms with Crippen LogP contribution in [0.3, 0.4) is 0 Å². The number of nitrogens with one attached hydrogen (secondary N) is 1. The number of amides is 1. The van der Waals surface area contributed by atoms with E-state index >= 15 is 0 Å². The topological polar surface area (TPSA) is 29.1 Å². The third-order valence-corrected chi connectivity index (χ3v) is 4.39. The predicted molar refractivity (Wildman–Crippen MR) is 89.8 cm³/mol. The Labute approximate surface area is 134 Å². The third kappa shape index (κ3) is 5.10. The number of carbonyl (C=O) groups is 1. The number of carbonyl (C=O) groups excluding carboxylic acids is 1. The van der Waals surface area contributed by atoms with Gasteiger partial charge in [0.05, 0.1) is 5.25 Å². The summed E-state index contributed by atoms with van der Waals surface area (Å²) in [4.78, 5) is 13.1. The van der Waals surface area contributed by atoms with Gasteiger partial charge >= 0.3 is 0 Å². The van der Waals surface area contributed by atoms with Gasteiger partial charge in [-0.3, -0.25) is 4.79 Å². The molecule has 2 rings (SSSR count). The van der Waals surface area contributed by atoms with E-state index in [9.17, 15) is 4.79 Å². The van der Waals surface area contributed by atoms with Crippen LogP contribution >= 0.6 is 23.4 Å². The van der Waals surface area contributed by atoms with Crippen LogP contribution in [0.2, 0.25) is 5.02 Å². The summed E-state index contributed by atoms with van der Waals surface area (Å²) in [5.41, 5.74) is 2.32. The van der Waals surface area contributed by atoms with Gasteiger partial charge in [0.25, 0.3) is 0 Å². The van der Waals surface area contributed by atoms with Crippen molar-refractivity contribution < 1.29 is 4.79 Å². The first-order chi connectivity index (χ1) is 10.0. The van der Waals surface area contributed by atoms with Crippen LogP contribution in [0.15, 0.2) is 53.4 Å². The molecule has 21 heavy (non-hydrogen) atoms. The van der Waals surface area contributed by atoms with Gasteiger partial charge in [0, 0.05) is 16.5 Å². The Bertz CT molecular complexity index is 612. The van der Waals surface area contributed by atoms with Crippen LogP contribution in [0.4, 0.5) is 0 Å². The van der Waals surface area contributed by atoms with Crippen LogP contribution in [0.25, 0.3) is 0 Å². The number of hydrogen-bond acceptors (Lipinski definition) is 2. The Balaban J connectivity index is 1.86. The van der Waals surface area contributed by atoms with E-state index < -0.39 is 0 Å². The molecule has 1 atom stereocenters. The first-order valence-corrected chi connectivity index (χ1v) is 8.06. The van der Waals surface area contributed by atoms with Gasteiger partial charge in [-0.25, -0.2) is 0 Å². The summed E-state index contributed by atoms with van der Waals surface area (Å²) in [6.07, 6.45) is 0. The summed E-state index contributed by atoms with van der Waals surface area (Å²) in [6.45, 7) is 4.50. The van der Waals surface area contributed by atoms with Gasteiger partial charge in [-0.1, -0.05) is 47.5 Å². The lowest BCUT2D eigenvalue weighted by atomic mass is 10.1. The number of thioether (sulfide) groups is 1. The molecular weight excluding hydrogens is 302 g/mol. The van der Waals surface area contributed by atoms with Crippen molar-refractivity contribution in [2.75, 3.05) is 0 Å². The molecular formula is C17H18ClNOS. The van der Waals surface area contributed by atoms with Crippen LogP contribution in [-0.4, -0.2) is 11.2 Å². The molecule has 0 saturated heterocycles. The first kappa shape index (κ1) is 15.9. The van der Waals surface area contributed by atoms with Crippen molar-refractivity contribution in [1.29, 1.82) is 0 Å². The normalized spacial score (nSPS) is 12.0. The van der Waals surface area contributed by atoms with Gasteiger partial charge in [0.15, 0.2) is 0 Å². The molecule has 1 unspecified atom stereocenters. The molecule has 2 aromatic rings. The van der Waals surface area contributed by atoms with Crippen LogP contribution < -0.4 is 5.32 Å². The highest BCUT2D eigenvalue weighted by Crippen LogP contribution is 2.25. The summed E-state index contributed by atoms with van der Waals surface area (Å²) in [7, 11) is 0. The van der Waals surface area contributed by atoms with Crippen LogP contribution in [0.1, 0.15) is 18.1 Å². The van der Waals surface area contributed by atoms with E-state index in [1.807, 2.05) is 62.4 Å². The zero-order valence-electron chi connectivity index (χ0n) is 12.1. The smallest absolute Gasteiger partial charge is 0.233 e. The molecule has 0 aliphatic heterocycles. The van der Waals surface area contributed by atoms with Gasteiger partial charge < -0.3 is 5.32 Å². The van der Waals surface area contributed by atoms with Crippen molar-refractivity contribution in [2.45, 2.75) is 30.5 Å². The molecule has 0 spiro atoms. The van der Waals surface area contributed by atoms with Crippen molar-refractivity contribution in [1.82, 2.24) is 5.32 Å². The van der Waals surface area contributed by atoms with E-state index in [1.54, 1.807) is 0 Å². The average Bonchev–Trinajstić information content (AvgIpc) is 2.46. The van der Waals surface area contributed by atoms with Crippen molar-refractivity contribution in [3.8, 4) is 0 Å². The molecule has 0 aromatic heterocycles. The second kappa shape index (κ2) is 7.53. The maximum atomic E-state index is 12.1. The number of hydrogen-bond donors (Lipinski definition) is 1. The molecule has 4 heteroatoms. The Morgan fingerprint density at radius 3 is 2.62 bits per heavy atom. The lowest BCUT2D eigenvalue weighted by Gasteiger charge is -2.12. The summed E-state index contributed by atoms with van der Waals surface area (Å²) < 4.78 is 0. The predicted octanol–water partition coefficient (Wildman–Crippen LogP) is 4.45. The highest BCUT2D eigenvalue weighted by atomic mass is 35.5. The van der Waals surface area contributed by atoms with E-state index in [-0.39, 0.29) is 11.2 Å². The second-order valence-corrected chi connectivity index (χ2v) is 6.77. The minimum atomic E-state index is -0.158. The Morgan fingerprint density at radius 1 is 1.24 bits per heavy atom. The zero-order valence-corrected chi connectivity index (χ0v) is 13.7. The van der Waals surface area contributed by atoms with Gasteiger partial charge in [0.1, 0.15) is 0 Å². The minimum Gasteiger partial charge on any atom is -0.351 e. The highest BCUT2D eigenvalue weighted by Gasteiger charge is 2.14. The molecule has 0 radical (unpaired) electrons. The highest BCUT2D eigenvalue weighted by molar-refractivity contribution is 8.00. The summed E-state index contributed by atoms with van der Waals surface area (Å²) in [6, 6.07) is 15.7. The maximum Gasteiger partial charge on any atom is 0.233 e. The quantitative estimate of drug-likeness (QED) is 0.825. The summed E-state index contributed by atoms with van der Waals surface area (Å²) in [5, 5.41) is 3.49. The fourth-order valence-corrected chi connectivity index (χ4v) is 3.04. The first-order valence-electron chi connectivity index (χ1n) is 6.80. The molecule has 0 aliphatic rings. The van der Waals surface area contributed by atoms with E-state index in [1.165, 1.54) is 17.3 Å². The Morgan fingerprint density at radius 2 is 1.95 bits per heavy atom.